The summed E-state index contributed by atoms with van der Waals surface area (Å²) >= 11 is 0. The molecule has 1 atom stereocenters. The molecule has 0 aromatic heterocycles. The normalized spacial score (nSPS) is 11.3. The number of nitrogens with one attached hydrogen (secondary N) is 1. The first-order chi connectivity index (χ1) is 9.40. The van der Waals surface area contributed by atoms with Crippen molar-refractivity contribution in [2.24, 2.45) is 0 Å². The van der Waals surface area contributed by atoms with E-state index in [9.17, 15) is 9.59 Å². The van der Waals surface area contributed by atoms with Gasteiger partial charge in [-0.25, -0.2) is 0 Å². The van der Waals surface area contributed by atoms with E-state index in [0.717, 1.165) is 5.57 Å². The van der Waals surface area contributed by atoms with E-state index in [2.05, 4.69) is 5.32 Å². The zero-order valence-corrected chi connectivity index (χ0v) is 11.8. The number of ether oxygens (including phenoxy) is 1. The van der Waals surface area contributed by atoms with Crippen LogP contribution in [-0.2, 0) is 4.79 Å². The van der Waals surface area contributed by atoms with Crippen molar-refractivity contribution in [3.05, 3.63) is 41.5 Å². The summed E-state index contributed by atoms with van der Waals surface area (Å²) < 4.78 is 5.49. The summed E-state index contributed by atoms with van der Waals surface area (Å²) in [7, 11) is 0. The zero-order chi connectivity index (χ0) is 15.1. The number of benzene rings is 1. The molecular weight excluding hydrogens is 258 g/mol. The molecule has 0 saturated heterocycles. The van der Waals surface area contributed by atoms with Gasteiger partial charge in [0.15, 0.2) is 0 Å². The highest BCUT2D eigenvalue weighted by Gasteiger charge is 2.15. The first-order valence-electron chi connectivity index (χ1n) is 6.30. The molecule has 1 rings (SSSR count). The Morgan fingerprint density at radius 2 is 2.10 bits per heavy atom. The standard InChI is InChI=1S/C15H19NO4/c1-10(2)7-8-20-13-6-4-5-12(9-13)14(17)16-11(3)15(18)19/h4-7,9,11H,8H2,1-3H3,(H,16,17)(H,18,19)/t11-/m1/s1. The fraction of sp³-hybridized carbons (Fsp3) is 0.333. The topological polar surface area (TPSA) is 75.6 Å². The Hall–Kier alpha value is -2.30. The molecule has 5 nitrogen and oxygen atoms in total. The number of carboxylic acids is 1. The lowest BCUT2D eigenvalue weighted by Crippen LogP contribution is -2.38. The van der Waals surface area contributed by atoms with Crippen molar-refractivity contribution in [1.82, 2.24) is 5.32 Å². The van der Waals surface area contributed by atoms with Crippen molar-refractivity contribution < 1.29 is 19.4 Å². The summed E-state index contributed by atoms with van der Waals surface area (Å²) in [4.78, 5) is 22.5. The first kappa shape index (κ1) is 15.8. The van der Waals surface area contributed by atoms with Gasteiger partial charge in [-0.05, 0) is 45.0 Å². The maximum Gasteiger partial charge on any atom is 0.325 e. The number of carboxylic acid groups (broad SMARTS) is 1. The number of rotatable bonds is 6. The van der Waals surface area contributed by atoms with Crippen LogP contribution in [0.1, 0.15) is 31.1 Å². The van der Waals surface area contributed by atoms with E-state index >= 15 is 0 Å². The summed E-state index contributed by atoms with van der Waals surface area (Å²) in [6.07, 6.45) is 1.93. The summed E-state index contributed by atoms with van der Waals surface area (Å²) in [5, 5.41) is 11.1. The van der Waals surface area contributed by atoms with Crippen LogP contribution in [0.4, 0.5) is 0 Å². The second-order valence-electron chi connectivity index (χ2n) is 4.65. The maximum absolute atomic E-state index is 11.9. The lowest BCUT2D eigenvalue weighted by Gasteiger charge is -2.10. The van der Waals surface area contributed by atoms with E-state index in [-0.39, 0.29) is 0 Å². The van der Waals surface area contributed by atoms with Gasteiger partial charge >= 0.3 is 5.97 Å². The fourth-order valence-corrected chi connectivity index (χ4v) is 1.37. The van der Waals surface area contributed by atoms with Gasteiger partial charge in [-0.3, -0.25) is 9.59 Å². The highest BCUT2D eigenvalue weighted by Crippen LogP contribution is 2.13. The lowest BCUT2D eigenvalue weighted by atomic mass is 10.2. The average molecular weight is 277 g/mol. The van der Waals surface area contributed by atoms with E-state index in [0.29, 0.717) is 17.9 Å². The van der Waals surface area contributed by atoms with Crippen LogP contribution < -0.4 is 10.1 Å². The average Bonchev–Trinajstić information content (AvgIpc) is 2.38. The third-order valence-corrected chi connectivity index (χ3v) is 2.56. The van der Waals surface area contributed by atoms with E-state index in [4.69, 9.17) is 9.84 Å². The van der Waals surface area contributed by atoms with Gasteiger partial charge in [-0.1, -0.05) is 11.6 Å². The molecular formula is C15H19NO4. The molecule has 108 valence electrons. The number of hydrogen-bond donors (Lipinski definition) is 2. The number of aliphatic carboxylic acids is 1. The van der Waals surface area contributed by atoms with Gasteiger partial charge < -0.3 is 15.2 Å². The minimum atomic E-state index is -1.07. The van der Waals surface area contributed by atoms with Crippen LogP contribution in [0.5, 0.6) is 5.75 Å². The van der Waals surface area contributed by atoms with E-state index in [1.807, 2.05) is 19.9 Å². The molecule has 1 aromatic rings. The van der Waals surface area contributed by atoms with Crippen LogP contribution >= 0.6 is 0 Å². The Labute approximate surface area is 118 Å². The molecule has 0 bridgehead atoms. The third-order valence-electron chi connectivity index (χ3n) is 2.56. The first-order valence-corrected chi connectivity index (χ1v) is 6.30. The molecule has 5 heteroatoms. The molecule has 0 radical (unpaired) electrons. The highest BCUT2D eigenvalue weighted by atomic mass is 16.5. The fourth-order valence-electron chi connectivity index (χ4n) is 1.37. The largest absolute Gasteiger partial charge is 0.490 e. The second-order valence-corrected chi connectivity index (χ2v) is 4.65. The third kappa shape index (κ3) is 5.14. The van der Waals surface area contributed by atoms with Crippen molar-refractivity contribution in [3.8, 4) is 5.75 Å². The van der Waals surface area contributed by atoms with Crippen molar-refractivity contribution in [1.29, 1.82) is 0 Å². The Morgan fingerprint density at radius 1 is 1.40 bits per heavy atom. The van der Waals surface area contributed by atoms with Crippen molar-refractivity contribution in [2.75, 3.05) is 6.61 Å². The van der Waals surface area contributed by atoms with Crippen LogP contribution in [0, 0.1) is 0 Å². The summed E-state index contributed by atoms with van der Waals surface area (Å²) in [6, 6.07) is 5.70. The Balaban J connectivity index is 2.69. The molecule has 2 N–H and O–H groups in total. The van der Waals surface area contributed by atoms with E-state index in [1.165, 1.54) is 6.92 Å². The molecule has 0 aliphatic rings. The summed E-state index contributed by atoms with van der Waals surface area (Å²) in [6.45, 7) is 5.79. The van der Waals surface area contributed by atoms with Crippen LogP contribution in [0.25, 0.3) is 0 Å². The van der Waals surface area contributed by atoms with Crippen LogP contribution in [-0.4, -0.2) is 29.6 Å². The number of hydrogen-bond acceptors (Lipinski definition) is 3. The predicted molar refractivity (Wildman–Crippen MR) is 75.9 cm³/mol. The number of allylic oxidation sites excluding steroid dienone is 1. The Kier molecular flexibility index (Phi) is 5.77. The Bertz CT molecular complexity index is 518. The second kappa shape index (κ2) is 7.33. The number of carbonyl (C=O) groups is 2. The molecule has 20 heavy (non-hydrogen) atoms. The monoisotopic (exact) mass is 277 g/mol. The number of carbonyl (C=O) groups excluding carboxylic acids is 1. The van der Waals surface area contributed by atoms with Crippen LogP contribution in [0.2, 0.25) is 0 Å². The maximum atomic E-state index is 11.9. The van der Waals surface area contributed by atoms with Crippen molar-refractivity contribution in [3.63, 3.8) is 0 Å². The van der Waals surface area contributed by atoms with Gasteiger partial charge in [0.05, 0.1) is 0 Å². The lowest BCUT2D eigenvalue weighted by molar-refractivity contribution is -0.138. The molecule has 0 unspecified atom stereocenters. The Morgan fingerprint density at radius 3 is 2.70 bits per heavy atom. The minimum Gasteiger partial charge on any atom is -0.490 e. The van der Waals surface area contributed by atoms with Gasteiger partial charge in [0, 0.05) is 5.56 Å². The molecule has 0 aliphatic heterocycles. The van der Waals surface area contributed by atoms with Gasteiger partial charge in [0.2, 0.25) is 0 Å². The van der Waals surface area contributed by atoms with Gasteiger partial charge in [-0.2, -0.15) is 0 Å². The quantitative estimate of drug-likeness (QED) is 0.782. The van der Waals surface area contributed by atoms with Gasteiger partial charge in [0.25, 0.3) is 5.91 Å². The highest BCUT2D eigenvalue weighted by molar-refractivity contribution is 5.96. The van der Waals surface area contributed by atoms with Crippen molar-refractivity contribution >= 4 is 11.9 Å². The molecule has 0 fully saturated rings. The predicted octanol–water partition coefficient (Wildman–Crippen LogP) is 2.23. The SMILES string of the molecule is CC(C)=CCOc1cccc(C(=O)N[C@H](C)C(=O)O)c1. The number of amides is 1. The van der Waals surface area contributed by atoms with E-state index in [1.54, 1.807) is 24.3 Å². The molecule has 1 aromatic carbocycles. The van der Waals surface area contributed by atoms with Crippen molar-refractivity contribution in [2.45, 2.75) is 26.8 Å². The van der Waals surface area contributed by atoms with Crippen LogP contribution in [0.15, 0.2) is 35.9 Å². The smallest absolute Gasteiger partial charge is 0.325 e. The summed E-state index contributed by atoms with van der Waals surface area (Å²) in [5.74, 6) is -0.944. The minimum absolute atomic E-state index is 0.368. The summed E-state index contributed by atoms with van der Waals surface area (Å²) in [5.41, 5.74) is 1.52. The molecule has 0 saturated carbocycles. The van der Waals surface area contributed by atoms with E-state index < -0.39 is 17.9 Å². The molecule has 0 heterocycles. The molecule has 0 spiro atoms. The van der Waals surface area contributed by atoms with Gasteiger partial charge in [0.1, 0.15) is 18.4 Å². The van der Waals surface area contributed by atoms with Crippen LogP contribution in [0.3, 0.4) is 0 Å². The van der Waals surface area contributed by atoms with Gasteiger partial charge in [-0.15, -0.1) is 0 Å². The molecule has 0 aliphatic carbocycles. The zero-order valence-electron chi connectivity index (χ0n) is 11.8. The molecule has 1 amide bonds.